The zero-order valence-corrected chi connectivity index (χ0v) is 18.3. The highest BCUT2D eigenvalue weighted by molar-refractivity contribution is 8.01. The Bertz CT molecular complexity index is 968. The fraction of sp³-hybridized carbons (Fsp3) is 0.318. The lowest BCUT2D eigenvalue weighted by atomic mass is 10.2. The van der Waals surface area contributed by atoms with Gasteiger partial charge in [-0.1, -0.05) is 42.1 Å². The largest absolute Gasteiger partial charge is 0.368 e. The van der Waals surface area contributed by atoms with E-state index >= 15 is 0 Å². The van der Waals surface area contributed by atoms with Crippen molar-refractivity contribution in [3.05, 3.63) is 54.6 Å². The summed E-state index contributed by atoms with van der Waals surface area (Å²) in [5.74, 6) is 0.340. The molecule has 2 amide bonds. The van der Waals surface area contributed by atoms with Gasteiger partial charge in [0.15, 0.2) is 4.34 Å². The van der Waals surface area contributed by atoms with Crippen LogP contribution in [0.4, 0.5) is 5.69 Å². The first kappa shape index (κ1) is 20.7. The number of fused-ring (bicyclic) bond motifs is 1. The highest BCUT2D eigenvalue weighted by Gasteiger charge is 2.21. The maximum absolute atomic E-state index is 12.4. The predicted octanol–water partition coefficient (Wildman–Crippen LogP) is 3.24. The number of benzene rings is 2. The number of amides is 2. The highest BCUT2D eigenvalue weighted by Crippen LogP contribution is 2.29. The summed E-state index contributed by atoms with van der Waals surface area (Å²) in [6.07, 6.45) is 0.336. The summed E-state index contributed by atoms with van der Waals surface area (Å²) >= 11 is 3.03. The SMILES string of the molecule is O=C(CSc1nc2ccccc2s1)NCCC(=O)N1CCN(c2ccccc2)CC1. The van der Waals surface area contributed by atoms with Gasteiger partial charge in [-0.05, 0) is 24.3 Å². The van der Waals surface area contributed by atoms with Crippen LogP contribution in [0.1, 0.15) is 6.42 Å². The van der Waals surface area contributed by atoms with Gasteiger partial charge in [-0.15, -0.1) is 11.3 Å². The molecule has 3 aromatic rings. The van der Waals surface area contributed by atoms with Crippen molar-refractivity contribution in [2.45, 2.75) is 10.8 Å². The number of nitrogens with zero attached hydrogens (tertiary/aromatic N) is 3. The van der Waals surface area contributed by atoms with E-state index in [2.05, 4.69) is 27.3 Å². The first-order valence-electron chi connectivity index (χ1n) is 10.0. The Kier molecular flexibility index (Phi) is 6.86. The molecule has 4 rings (SSSR count). The van der Waals surface area contributed by atoms with Gasteiger partial charge in [0.25, 0.3) is 0 Å². The normalized spacial score (nSPS) is 14.1. The molecule has 1 fully saturated rings. The Morgan fingerprint density at radius 2 is 1.73 bits per heavy atom. The monoisotopic (exact) mass is 440 g/mol. The van der Waals surface area contributed by atoms with Crippen LogP contribution < -0.4 is 10.2 Å². The number of carbonyl (C=O) groups is 2. The van der Waals surface area contributed by atoms with Gasteiger partial charge in [0.05, 0.1) is 16.0 Å². The van der Waals surface area contributed by atoms with Crippen LogP contribution in [0.15, 0.2) is 58.9 Å². The quantitative estimate of drug-likeness (QED) is 0.572. The number of hydrogen-bond acceptors (Lipinski definition) is 6. The first-order valence-corrected chi connectivity index (χ1v) is 11.8. The van der Waals surface area contributed by atoms with Crippen LogP contribution in [0.2, 0.25) is 0 Å². The molecule has 30 heavy (non-hydrogen) atoms. The van der Waals surface area contributed by atoms with E-state index < -0.39 is 0 Å². The topological polar surface area (TPSA) is 65.5 Å². The minimum Gasteiger partial charge on any atom is -0.368 e. The zero-order chi connectivity index (χ0) is 20.8. The van der Waals surface area contributed by atoms with Crippen LogP contribution >= 0.6 is 23.1 Å². The number of nitrogens with one attached hydrogen (secondary N) is 1. The van der Waals surface area contributed by atoms with Crippen LogP contribution in [-0.4, -0.2) is 60.2 Å². The molecule has 0 atom stereocenters. The summed E-state index contributed by atoms with van der Waals surface area (Å²) in [5, 5.41) is 2.85. The van der Waals surface area contributed by atoms with Gasteiger partial charge >= 0.3 is 0 Å². The second kappa shape index (κ2) is 9.95. The molecule has 2 heterocycles. The van der Waals surface area contributed by atoms with Crippen molar-refractivity contribution in [3.8, 4) is 0 Å². The molecule has 2 aromatic carbocycles. The molecule has 0 saturated carbocycles. The van der Waals surface area contributed by atoms with E-state index in [0.717, 1.165) is 40.7 Å². The molecule has 1 aromatic heterocycles. The Morgan fingerprint density at radius 3 is 2.50 bits per heavy atom. The molecule has 0 bridgehead atoms. The van der Waals surface area contributed by atoms with E-state index in [4.69, 9.17) is 0 Å². The minimum atomic E-state index is -0.0686. The van der Waals surface area contributed by atoms with E-state index in [1.807, 2.05) is 47.4 Å². The first-order chi connectivity index (χ1) is 14.7. The van der Waals surface area contributed by atoms with E-state index in [1.165, 1.54) is 17.4 Å². The third-order valence-corrected chi connectivity index (χ3v) is 7.20. The van der Waals surface area contributed by atoms with Crippen LogP contribution in [0.5, 0.6) is 0 Å². The smallest absolute Gasteiger partial charge is 0.230 e. The van der Waals surface area contributed by atoms with Crippen molar-refractivity contribution in [1.29, 1.82) is 0 Å². The van der Waals surface area contributed by atoms with Crippen molar-refractivity contribution < 1.29 is 9.59 Å². The van der Waals surface area contributed by atoms with Crippen LogP contribution in [0.25, 0.3) is 10.2 Å². The van der Waals surface area contributed by atoms with Gasteiger partial charge in [-0.2, -0.15) is 0 Å². The molecule has 0 unspecified atom stereocenters. The fourth-order valence-corrected chi connectivity index (χ4v) is 5.31. The van der Waals surface area contributed by atoms with Gasteiger partial charge in [0.2, 0.25) is 11.8 Å². The molecule has 1 N–H and O–H groups in total. The number of piperazine rings is 1. The molecule has 1 aliphatic heterocycles. The molecule has 1 saturated heterocycles. The molecule has 1 aliphatic rings. The second-order valence-corrected chi connectivity index (χ2v) is 9.29. The van der Waals surface area contributed by atoms with Gasteiger partial charge in [-0.3, -0.25) is 9.59 Å². The summed E-state index contributed by atoms with van der Waals surface area (Å²) in [5.41, 5.74) is 2.16. The predicted molar refractivity (Wildman–Crippen MR) is 123 cm³/mol. The van der Waals surface area contributed by atoms with Gasteiger partial charge in [0.1, 0.15) is 0 Å². The van der Waals surface area contributed by atoms with Crippen molar-refractivity contribution in [2.24, 2.45) is 0 Å². The number of rotatable bonds is 7. The van der Waals surface area contributed by atoms with Crippen molar-refractivity contribution >= 4 is 50.8 Å². The number of para-hydroxylation sites is 2. The summed E-state index contributed by atoms with van der Waals surface area (Å²) < 4.78 is 2.01. The summed E-state index contributed by atoms with van der Waals surface area (Å²) in [4.78, 5) is 33.3. The van der Waals surface area contributed by atoms with E-state index in [1.54, 1.807) is 11.3 Å². The van der Waals surface area contributed by atoms with E-state index in [-0.39, 0.29) is 11.8 Å². The molecule has 0 aliphatic carbocycles. The average Bonchev–Trinajstić information content (AvgIpc) is 3.21. The fourth-order valence-electron chi connectivity index (χ4n) is 3.41. The van der Waals surface area contributed by atoms with Crippen molar-refractivity contribution in [1.82, 2.24) is 15.2 Å². The van der Waals surface area contributed by atoms with E-state index in [0.29, 0.717) is 18.7 Å². The molecule has 6 nitrogen and oxygen atoms in total. The van der Waals surface area contributed by atoms with Crippen LogP contribution in [-0.2, 0) is 9.59 Å². The van der Waals surface area contributed by atoms with Crippen molar-refractivity contribution in [2.75, 3.05) is 43.4 Å². The van der Waals surface area contributed by atoms with Crippen LogP contribution in [0, 0.1) is 0 Å². The number of thioether (sulfide) groups is 1. The average molecular weight is 441 g/mol. The summed E-state index contributed by atoms with van der Waals surface area (Å²) in [6, 6.07) is 18.2. The molecule has 8 heteroatoms. The Morgan fingerprint density at radius 1 is 1.00 bits per heavy atom. The molecular formula is C22H24N4O2S2. The van der Waals surface area contributed by atoms with Crippen LogP contribution in [0.3, 0.4) is 0 Å². The Balaban J connectivity index is 1.14. The molecule has 0 spiro atoms. The lowest BCUT2D eigenvalue weighted by molar-refractivity contribution is -0.131. The zero-order valence-electron chi connectivity index (χ0n) is 16.6. The summed E-state index contributed by atoms with van der Waals surface area (Å²) in [6.45, 7) is 3.48. The Labute approximate surface area is 184 Å². The highest BCUT2D eigenvalue weighted by atomic mass is 32.2. The number of thiazole rings is 1. The third kappa shape index (κ3) is 5.31. The molecule has 156 valence electrons. The third-order valence-electron chi connectivity index (χ3n) is 5.02. The molecule has 0 radical (unpaired) electrons. The number of anilines is 1. The number of carbonyl (C=O) groups excluding carboxylic acids is 2. The van der Waals surface area contributed by atoms with Gasteiger partial charge in [-0.25, -0.2) is 4.98 Å². The minimum absolute atomic E-state index is 0.0686. The lowest BCUT2D eigenvalue weighted by Gasteiger charge is -2.36. The molecular weight excluding hydrogens is 416 g/mol. The lowest BCUT2D eigenvalue weighted by Crippen LogP contribution is -2.49. The maximum Gasteiger partial charge on any atom is 0.230 e. The number of aromatic nitrogens is 1. The van der Waals surface area contributed by atoms with Crippen molar-refractivity contribution in [3.63, 3.8) is 0 Å². The standard InChI is InChI=1S/C22H24N4O2S2/c27-20(16-29-22-24-18-8-4-5-9-19(18)30-22)23-11-10-21(28)26-14-12-25(13-15-26)17-6-2-1-3-7-17/h1-9H,10-16H2,(H,23,27). The Hall–Kier alpha value is -2.58. The van der Waals surface area contributed by atoms with Gasteiger partial charge in [0, 0.05) is 44.8 Å². The number of hydrogen-bond donors (Lipinski definition) is 1. The van der Waals surface area contributed by atoms with Gasteiger partial charge < -0.3 is 15.1 Å². The second-order valence-electron chi connectivity index (χ2n) is 7.04. The summed E-state index contributed by atoms with van der Waals surface area (Å²) in [7, 11) is 0. The van der Waals surface area contributed by atoms with E-state index in [9.17, 15) is 9.59 Å². The maximum atomic E-state index is 12.4.